The number of amides is 1. The van der Waals surface area contributed by atoms with Crippen LogP contribution in [0.3, 0.4) is 0 Å². The molecule has 1 aliphatic heterocycles. The van der Waals surface area contributed by atoms with Crippen molar-refractivity contribution in [2.75, 3.05) is 13.1 Å². The molecule has 0 aromatic carbocycles. The molecule has 1 heterocycles. The lowest BCUT2D eigenvalue weighted by Gasteiger charge is -2.41. The Balaban J connectivity index is 2.73. The Labute approximate surface area is 112 Å². The predicted octanol–water partition coefficient (Wildman–Crippen LogP) is 2.45. The molecule has 1 rings (SSSR count). The molecule has 5 nitrogen and oxygen atoms in total. The average Bonchev–Trinajstić information content (AvgIpc) is 2.26. The summed E-state index contributed by atoms with van der Waals surface area (Å²) >= 11 is 0. The molecule has 0 aromatic rings. The van der Waals surface area contributed by atoms with Gasteiger partial charge in [-0.1, -0.05) is 6.92 Å². The average molecular weight is 275 g/mol. The van der Waals surface area contributed by atoms with Crippen molar-refractivity contribution in [1.82, 2.24) is 4.90 Å². The Bertz CT molecular complexity index is 366. The predicted molar refractivity (Wildman–Crippen MR) is 67.7 cm³/mol. The van der Waals surface area contributed by atoms with Gasteiger partial charge in [0, 0.05) is 6.54 Å². The number of carbonyl (C=O) groups is 2. The number of rotatable bonds is 2. The molecule has 1 saturated heterocycles. The number of carboxylic acids is 1. The first-order chi connectivity index (χ1) is 8.62. The number of hydrogen-bond donors (Lipinski definition) is 1. The summed E-state index contributed by atoms with van der Waals surface area (Å²) < 4.78 is 19.3. The van der Waals surface area contributed by atoms with E-state index in [0.29, 0.717) is 0 Å². The molecule has 1 aliphatic rings. The van der Waals surface area contributed by atoms with Crippen molar-refractivity contribution in [1.29, 1.82) is 0 Å². The van der Waals surface area contributed by atoms with Gasteiger partial charge in [-0.2, -0.15) is 0 Å². The molecule has 110 valence electrons. The van der Waals surface area contributed by atoms with Gasteiger partial charge in [0.15, 0.2) is 0 Å². The summed E-state index contributed by atoms with van der Waals surface area (Å²) in [4.78, 5) is 24.3. The van der Waals surface area contributed by atoms with Crippen LogP contribution in [0.1, 0.15) is 40.5 Å². The summed E-state index contributed by atoms with van der Waals surface area (Å²) in [7, 11) is 0. The highest BCUT2D eigenvalue weighted by atomic mass is 19.1. The zero-order valence-corrected chi connectivity index (χ0v) is 11.9. The third-order valence-corrected chi connectivity index (χ3v) is 3.52. The van der Waals surface area contributed by atoms with Crippen molar-refractivity contribution in [3.63, 3.8) is 0 Å². The number of ether oxygens (including phenoxy) is 1. The molecule has 2 atom stereocenters. The maximum absolute atomic E-state index is 14.2. The Hall–Kier alpha value is -1.33. The van der Waals surface area contributed by atoms with Crippen molar-refractivity contribution in [3.8, 4) is 0 Å². The number of likely N-dealkylation sites (tertiary alicyclic amines) is 1. The molecule has 1 amide bonds. The van der Waals surface area contributed by atoms with E-state index in [-0.39, 0.29) is 25.9 Å². The van der Waals surface area contributed by atoms with E-state index in [1.165, 1.54) is 4.90 Å². The lowest BCUT2D eigenvalue weighted by atomic mass is 9.75. The molecular formula is C13H22FNO4. The summed E-state index contributed by atoms with van der Waals surface area (Å²) in [6.07, 6.45) is -1.84. The molecule has 2 unspecified atom stereocenters. The third kappa shape index (κ3) is 3.36. The first-order valence-electron chi connectivity index (χ1n) is 6.48. The van der Waals surface area contributed by atoms with Gasteiger partial charge in [0.2, 0.25) is 0 Å². The van der Waals surface area contributed by atoms with Gasteiger partial charge in [-0.25, -0.2) is 9.18 Å². The number of carboxylic acid groups (broad SMARTS) is 1. The van der Waals surface area contributed by atoms with E-state index in [9.17, 15) is 19.1 Å². The lowest BCUT2D eigenvalue weighted by molar-refractivity contribution is -0.158. The summed E-state index contributed by atoms with van der Waals surface area (Å²) in [5.41, 5.74) is -2.02. The molecule has 0 spiro atoms. The molecule has 0 bridgehead atoms. The zero-order chi connectivity index (χ0) is 14.8. The molecule has 0 radical (unpaired) electrons. The fraction of sp³-hybridized carbons (Fsp3) is 0.846. The minimum Gasteiger partial charge on any atom is -0.481 e. The van der Waals surface area contributed by atoms with Gasteiger partial charge in [0.05, 0.1) is 6.54 Å². The highest BCUT2D eigenvalue weighted by Crippen LogP contribution is 2.37. The minimum absolute atomic E-state index is 0.110. The Kier molecular flexibility index (Phi) is 4.43. The van der Waals surface area contributed by atoms with Gasteiger partial charge in [-0.05, 0) is 33.6 Å². The zero-order valence-electron chi connectivity index (χ0n) is 11.9. The molecule has 1 N–H and O–H groups in total. The Morgan fingerprint density at radius 3 is 2.42 bits per heavy atom. The molecule has 6 heteroatoms. The van der Waals surface area contributed by atoms with Crippen molar-refractivity contribution in [3.05, 3.63) is 0 Å². The van der Waals surface area contributed by atoms with Crippen LogP contribution in [0.5, 0.6) is 0 Å². The standard InChI is InChI=1S/C13H22FNO4/c1-5-13(10(16)17)6-7-15(8-9(13)14)11(18)19-12(2,3)4/h9H,5-8H2,1-4H3,(H,16,17). The molecule has 0 saturated carbocycles. The van der Waals surface area contributed by atoms with Crippen LogP contribution in [0.15, 0.2) is 0 Å². The lowest BCUT2D eigenvalue weighted by Crippen LogP contribution is -2.54. The SMILES string of the molecule is CCC1(C(=O)O)CCN(C(=O)OC(C)(C)C)CC1F. The van der Waals surface area contributed by atoms with Gasteiger partial charge in [-0.15, -0.1) is 0 Å². The number of alkyl halides is 1. The third-order valence-electron chi connectivity index (χ3n) is 3.52. The Morgan fingerprint density at radius 1 is 1.47 bits per heavy atom. The smallest absolute Gasteiger partial charge is 0.410 e. The number of halogens is 1. The fourth-order valence-corrected chi connectivity index (χ4v) is 2.23. The van der Waals surface area contributed by atoms with Crippen molar-refractivity contribution >= 4 is 12.1 Å². The second-order valence-corrected chi connectivity index (χ2v) is 5.96. The van der Waals surface area contributed by atoms with Crippen LogP contribution < -0.4 is 0 Å². The first-order valence-corrected chi connectivity index (χ1v) is 6.48. The van der Waals surface area contributed by atoms with E-state index in [1.807, 2.05) is 0 Å². The summed E-state index contributed by atoms with van der Waals surface area (Å²) in [5, 5.41) is 9.20. The van der Waals surface area contributed by atoms with E-state index in [4.69, 9.17) is 4.74 Å². The summed E-state index contributed by atoms with van der Waals surface area (Å²) in [5.74, 6) is -1.13. The monoisotopic (exact) mass is 275 g/mol. The molecule has 1 fully saturated rings. The number of carbonyl (C=O) groups excluding carboxylic acids is 1. The van der Waals surface area contributed by atoms with Gasteiger partial charge < -0.3 is 14.7 Å². The number of hydrogen-bond acceptors (Lipinski definition) is 3. The quantitative estimate of drug-likeness (QED) is 0.840. The van der Waals surface area contributed by atoms with E-state index in [2.05, 4.69) is 0 Å². The van der Waals surface area contributed by atoms with Crippen LogP contribution in [0.25, 0.3) is 0 Å². The number of aliphatic carboxylic acids is 1. The normalized spacial score (nSPS) is 28.1. The van der Waals surface area contributed by atoms with Gasteiger partial charge in [0.25, 0.3) is 0 Å². The van der Waals surface area contributed by atoms with Crippen LogP contribution in [0.4, 0.5) is 9.18 Å². The second kappa shape index (κ2) is 5.35. The van der Waals surface area contributed by atoms with Crippen LogP contribution in [-0.2, 0) is 9.53 Å². The van der Waals surface area contributed by atoms with E-state index < -0.39 is 29.3 Å². The van der Waals surface area contributed by atoms with E-state index in [0.717, 1.165) is 0 Å². The topological polar surface area (TPSA) is 66.8 Å². The molecule has 19 heavy (non-hydrogen) atoms. The van der Waals surface area contributed by atoms with Crippen molar-refractivity contribution in [2.24, 2.45) is 5.41 Å². The molecular weight excluding hydrogens is 253 g/mol. The maximum atomic E-state index is 14.2. The van der Waals surface area contributed by atoms with E-state index in [1.54, 1.807) is 27.7 Å². The molecule has 0 aliphatic carbocycles. The van der Waals surface area contributed by atoms with Crippen LogP contribution >= 0.6 is 0 Å². The summed E-state index contributed by atoms with van der Waals surface area (Å²) in [6, 6.07) is 0. The second-order valence-electron chi connectivity index (χ2n) is 5.96. The van der Waals surface area contributed by atoms with Crippen LogP contribution in [0.2, 0.25) is 0 Å². The highest BCUT2D eigenvalue weighted by Gasteiger charge is 2.49. The van der Waals surface area contributed by atoms with Crippen LogP contribution in [-0.4, -0.2) is 46.9 Å². The fourth-order valence-electron chi connectivity index (χ4n) is 2.23. The van der Waals surface area contributed by atoms with Crippen molar-refractivity contribution in [2.45, 2.75) is 52.3 Å². The number of nitrogens with zero attached hydrogens (tertiary/aromatic N) is 1. The minimum atomic E-state index is -1.57. The van der Waals surface area contributed by atoms with Gasteiger partial charge in [0.1, 0.15) is 17.2 Å². The van der Waals surface area contributed by atoms with Gasteiger partial charge >= 0.3 is 12.1 Å². The van der Waals surface area contributed by atoms with Crippen LogP contribution in [0, 0.1) is 5.41 Å². The van der Waals surface area contributed by atoms with E-state index >= 15 is 0 Å². The highest BCUT2D eigenvalue weighted by molar-refractivity contribution is 5.76. The Morgan fingerprint density at radius 2 is 2.05 bits per heavy atom. The first kappa shape index (κ1) is 15.7. The maximum Gasteiger partial charge on any atom is 0.410 e. The summed E-state index contributed by atoms with van der Waals surface area (Å²) in [6.45, 7) is 6.83. The number of piperidine rings is 1. The van der Waals surface area contributed by atoms with Crippen molar-refractivity contribution < 1.29 is 23.8 Å². The largest absolute Gasteiger partial charge is 0.481 e. The molecule has 0 aromatic heterocycles. The van der Waals surface area contributed by atoms with Gasteiger partial charge in [-0.3, -0.25) is 4.79 Å².